The van der Waals surface area contributed by atoms with Crippen molar-refractivity contribution >= 4 is 56.3 Å². The van der Waals surface area contributed by atoms with Crippen LogP contribution in [0.25, 0.3) is 10.9 Å². The number of fused-ring (bicyclic) bond motifs is 1. The highest BCUT2D eigenvalue weighted by atomic mass is 79.9. The topological polar surface area (TPSA) is 73.8 Å². The molecule has 2 heterocycles. The largest absolute Gasteiger partial charge is 0.444 e. The Balaban J connectivity index is 1.83. The molecule has 1 aromatic heterocycles. The molecule has 0 aliphatic carbocycles. The number of nitrogens with zero attached hydrogens (tertiary/aromatic N) is 5. The van der Waals surface area contributed by atoms with Crippen molar-refractivity contribution < 1.29 is 9.53 Å². The van der Waals surface area contributed by atoms with E-state index in [-0.39, 0.29) is 6.09 Å². The Kier molecular flexibility index (Phi) is 7.49. The summed E-state index contributed by atoms with van der Waals surface area (Å²) in [5.74, 6) is 1.39. The van der Waals surface area contributed by atoms with Gasteiger partial charge in [0.15, 0.2) is 0 Å². The van der Waals surface area contributed by atoms with Crippen molar-refractivity contribution in [3.8, 4) is 0 Å². The SMILES string of the molecule is CN(C)CCNc1nc(N2CCN(C(=O)OC(C)(C)C)CC2)c2cc(Cl)c(Br)cc2n1. The van der Waals surface area contributed by atoms with Gasteiger partial charge in [-0.3, -0.25) is 0 Å². The van der Waals surface area contributed by atoms with Crippen LogP contribution in [-0.2, 0) is 4.74 Å². The second-order valence-electron chi connectivity index (χ2n) is 8.84. The molecule has 1 aliphatic heterocycles. The molecule has 2 aromatic rings. The van der Waals surface area contributed by atoms with Gasteiger partial charge in [-0.25, -0.2) is 9.78 Å². The Labute approximate surface area is 197 Å². The molecule has 8 nitrogen and oxygen atoms in total. The smallest absolute Gasteiger partial charge is 0.410 e. The molecule has 0 radical (unpaired) electrons. The van der Waals surface area contributed by atoms with E-state index in [0.717, 1.165) is 34.3 Å². The van der Waals surface area contributed by atoms with Gasteiger partial charge in [-0.05, 0) is 62.9 Å². The van der Waals surface area contributed by atoms with Gasteiger partial charge in [0, 0.05) is 49.1 Å². The highest BCUT2D eigenvalue weighted by Gasteiger charge is 2.27. The summed E-state index contributed by atoms with van der Waals surface area (Å²) in [7, 11) is 4.05. The van der Waals surface area contributed by atoms with E-state index in [1.165, 1.54) is 0 Å². The molecule has 1 N–H and O–H groups in total. The van der Waals surface area contributed by atoms with Crippen molar-refractivity contribution in [3.05, 3.63) is 21.6 Å². The number of ether oxygens (including phenoxy) is 1. The number of aromatic nitrogens is 2. The number of hydrogen-bond acceptors (Lipinski definition) is 7. The van der Waals surface area contributed by atoms with E-state index in [4.69, 9.17) is 21.3 Å². The molecular weight excluding hydrogens is 484 g/mol. The maximum atomic E-state index is 12.4. The highest BCUT2D eigenvalue weighted by Crippen LogP contribution is 2.33. The maximum absolute atomic E-state index is 12.4. The lowest BCUT2D eigenvalue weighted by atomic mass is 10.2. The van der Waals surface area contributed by atoms with Crippen molar-refractivity contribution in [2.24, 2.45) is 0 Å². The number of benzene rings is 1. The van der Waals surface area contributed by atoms with E-state index in [9.17, 15) is 4.79 Å². The number of halogens is 2. The van der Waals surface area contributed by atoms with Crippen molar-refractivity contribution in [2.45, 2.75) is 26.4 Å². The third-order valence-corrected chi connectivity index (χ3v) is 5.99. The summed E-state index contributed by atoms with van der Waals surface area (Å²) in [6, 6.07) is 3.80. The second-order valence-corrected chi connectivity index (χ2v) is 10.1. The fourth-order valence-corrected chi connectivity index (χ4v) is 3.74. The number of piperazine rings is 1. The molecule has 31 heavy (non-hydrogen) atoms. The van der Waals surface area contributed by atoms with Crippen molar-refractivity contribution in [3.63, 3.8) is 0 Å². The first-order valence-electron chi connectivity index (χ1n) is 10.3. The van der Waals surface area contributed by atoms with Crippen LogP contribution in [0.2, 0.25) is 5.02 Å². The number of nitrogens with one attached hydrogen (secondary N) is 1. The molecule has 0 atom stereocenters. The molecule has 1 fully saturated rings. The number of hydrogen-bond donors (Lipinski definition) is 1. The van der Waals surface area contributed by atoms with E-state index >= 15 is 0 Å². The Morgan fingerprint density at radius 2 is 1.90 bits per heavy atom. The Bertz CT molecular complexity index is 942. The van der Waals surface area contributed by atoms with Crippen LogP contribution in [0.5, 0.6) is 0 Å². The van der Waals surface area contributed by atoms with Gasteiger partial charge in [0.25, 0.3) is 0 Å². The van der Waals surface area contributed by atoms with Crippen LogP contribution in [-0.4, -0.2) is 84.8 Å². The van der Waals surface area contributed by atoms with Crippen LogP contribution in [0.3, 0.4) is 0 Å². The van der Waals surface area contributed by atoms with Crippen LogP contribution in [0.1, 0.15) is 20.8 Å². The first-order valence-corrected chi connectivity index (χ1v) is 11.5. The molecule has 10 heteroatoms. The van der Waals surface area contributed by atoms with Crippen LogP contribution >= 0.6 is 27.5 Å². The van der Waals surface area contributed by atoms with Gasteiger partial charge in [0.1, 0.15) is 11.4 Å². The lowest BCUT2D eigenvalue weighted by molar-refractivity contribution is 0.0240. The van der Waals surface area contributed by atoms with Crippen molar-refractivity contribution in [1.29, 1.82) is 0 Å². The van der Waals surface area contributed by atoms with Gasteiger partial charge in [-0.15, -0.1) is 0 Å². The molecule has 3 rings (SSSR count). The molecule has 0 unspecified atom stereocenters. The molecular formula is C21H30BrClN6O2. The zero-order chi connectivity index (χ0) is 22.8. The molecule has 1 saturated heterocycles. The molecule has 170 valence electrons. The number of anilines is 2. The van der Waals surface area contributed by atoms with Crippen molar-refractivity contribution in [2.75, 3.05) is 63.6 Å². The van der Waals surface area contributed by atoms with Gasteiger partial charge in [0.2, 0.25) is 5.95 Å². The van der Waals surface area contributed by atoms with E-state index in [2.05, 4.69) is 36.0 Å². The van der Waals surface area contributed by atoms with Gasteiger partial charge < -0.3 is 24.8 Å². The summed E-state index contributed by atoms with van der Waals surface area (Å²) < 4.78 is 6.30. The predicted octanol–water partition coefficient (Wildman–Crippen LogP) is 4.08. The average molecular weight is 514 g/mol. The van der Waals surface area contributed by atoms with E-state index < -0.39 is 5.60 Å². The van der Waals surface area contributed by atoms with E-state index in [1.807, 2.05) is 47.0 Å². The lowest BCUT2D eigenvalue weighted by Gasteiger charge is -2.36. The van der Waals surface area contributed by atoms with Gasteiger partial charge in [-0.2, -0.15) is 4.98 Å². The maximum Gasteiger partial charge on any atom is 0.410 e. The highest BCUT2D eigenvalue weighted by molar-refractivity contribution is 9.10. The second kappa shape index (κ2) is 9.75. The number of carbonyl (C=O) groups is 1. The summed E-state index contributed by atoms with van der Waals surface area (Å²) in [6.07, 6.45) is -0.280. The zero-order valence-corrected chi connectivity index (χ0v) is 21.0. The lowest BCUT2D eigenvalue weighted by Crippen LogP contribution is -2.50. The number of amides is 1. The van der Waals surface area contributed by atoms with Crippen LogP contribution in [0, 0.1) is 0 Å². The monoisotopic (exact) mass is 512 g/mol. The summed E-state index contributed by atoms with van der Waals surface area (Å²) in [6.45, 7) is 9.66. The number of rotatable bonds is 5. The minimum absolute atomic E-state index is 0.280. The van der Waals surface area contributed by atoms with E-state index in [0.29, 0.717) is 37.1 Å². The molecule has 1 aromatic carbocycles. The molecule has 0 bridgehead atoms. The van der Waals surface area contributed by atoms with E-state index in [1.54, 1.807) is 4.90 Å². The minimum atomic E-state index is -0.506. The standard InChI is InChI=1S/C21H30BrClN6O2/c1-21(2,3)31-20(30)29-10-8-28(9-11-29)18-14-12-16(23)15(22)13-17(14)25-19(26-18)24-6-7-27(4)5/h12-13H,6-11H2,1-5H3,(H,24,25,26). The molecule has 0 spiro atoms. The predicted molar refractivity (Wildman–Crippen MR) is 129 cm³/mol. The van der Waals surface area contributed by atoms with Crippen LogP contribution in [0.15, 0.2) is 16.6 Å². The first-order chi connectivity index (χ1) is 14.5. The summed E-state index contributed by atoms with van der Waals surface area (Å²) >= 11 is 9.86. The molecule has 1 aliphatic rings. The molecule has 0 saturated carbocycles. The third-order valence-electron chi connectivity index (χ3n) is 4.79. The Hall–Kier alpha value is -1.84. The fraction of sp³-hybridized carbons (Fsp3) is 0.571. The Morgan fingerprint density at radius 3 is 2.52 bits per heavy atom. The summed E-state index contributed by atoms with van der Waals surface area (Å²) in [5, 5.41) is 4.81. The average Bonchev–Trinajstić information content (AvgIpc) is 2.67. The fourth-order valence-electron chi connectivity index (χ4n) is 3.25. The third kappa shape index (κ3) is 6.33. The summed E-state index contributed by atoms with van der Waals surface area (Å²) in [5.41, 5.74) is 0.303. The minimum Gasteiger partial charge on any atom is -0.444 e. The molecule has 1 amide bonds. The zero-order valence-electron chi connectivity index (χ0n) is 18.7. The number of carbonyl (C=O) groups excluding carboxylic acids is 1. The van der Waals surface area contributed by atoms with Gasteiger partial charge in [0.05, 0.1) is 10.5 Å². The normalized spacial score (nSPS) is 15.0. The Morgan fingerprint density at radius 1 is 1.23 bits per heavy atom. The number of likely N-dealkylation sites (N-methyl/N-ethyl adjacent to an activating group) is 1. The first kappa shape index (κ1) is 23.8. The summed E-state index contributed by atoms with van der Waals surface area (Å²) in [4.78, 5) is 27.9. The van der Waals surface area contributed by atoms with Crippen molar-refractivity contribution in [1.82, 2.24) is 19.8 Å². The van der Waals surface area contributed by atoms with Gasteiger partial charge >= 0.3 is 6.09 Å². The van der Waals surface area contributed by atoms with Crippen LogP contribution < -0.4 is 10.2 Å². The quantitative estimate of drug-likeness (QED) is 0.646. The van der Waals surface area contributed by atoms with Gasteiger partial charge in [-0.1, -0.05) is 11.6 Å². The van der Waals surface area contributed by atoms with Crippen LogP contribution in [0.4, 0.5) is 16.6 Å².